The summed E-state index contributed by atoms with van der Waals surface area (Å²) < 4.78 is 0. The highest BCUT2D eigenvalue weighted by atomic mass is 15.1. The first kappa shape index (κ1) is 14.2. The van der Waals surface area contributed by atoms with E-state index >= 15 is 0 Å². The van der Waals surface area contributed by atoms with Gasteiger partial charge < -0.3 is 10.6 Å². The maximum atomic E-state index is 5.76. The molecule has 1 aromatic rings. The van der Waals surface area contributed by atoms with Crippen LogP contribution in [0.5, 0.6) is 0 Å². The molecule has 0 aliphatic carbocycles. The van der Waals surface area contributed by atoms with Crippen molar-refractivity contribution in [2.75, 3.05) is 13.6 Å². The second kappa shape index (κ2) is 7.46. The molecule has 0 saturated heterocycles. The Kier molecular flexibility index (Phi) is 6.23. The molecule has 0 saturated carbocycles. The molecule has 1 aromatic carbocycles. The largest absolute Gasteiger partial charge is 0.326 e. The first-order chi connectivity index (χ1) is 8.21. The van der Waals surface area contributed by atoms with Gasteiger partial charge in [0.2, 0.25) is 0 Å². The van der Waals surface area contributed by atoms with Gasteiger partial charge in [-0.2, -0.15) is 0 Å². The fourth-order valence-corrected chi connectivity index (χ4v) is 2.25. The predicted molar refractivity (Wildman–Crippen MR) is 74.7 cm³/mol. The van der Waals surface area contributed by atoms with Crippen molar-refractivity contribution >= 4 is 0 Å². The molecule has 2 heteroatoms. The smallest absolute Gasteiger partial charge is 0.0234 e. The van der Waals surface area contributed by atoms with Gasteiger partial charge in [0.1, 0.15) is 0 Å². The first-order valence-electron chi connectivity index (χ1n) is 6.66. The van der Waals surface area contributed by atoms with E-state index in [9.17, 15) is 0 Å². The van der Waals surface area contributed by atoms with Crippen molar-refractivity contribution in [1.29, 1.82) is 0 Å². The number of nitrogens with two attached hydrogens (primary N) is 1. The summed E-state index contributed by atoms with van der Waals surface area (Å²) >= 11 is 0. The molecule has 2 N–H and O–H groups in total. The summed E-state index contributed by atoms with van der Waals surface area (Å²) in [6.07, 6.45) is 2.53. The zero-order valence-electron chi connectivity index (χ0n) is 11.4. The predicted octanol–water partition coefficient (Wildman–Crippen LogP) is 3.01. The van der Waals surface area contributed by atoms with Crippen molar-refractivity contribution in [2.45, 2.75) is 39.8 Å². The Hall–Kier alpha value is -0.860. The summed E-state index contributed by atoms with van der Waals surface area (Å²) in [6.45, 7) is 7.36. The third kappa shape index (κ3) is 4.49. The molecule has 0 heterocycles. The van der Waals surface area contributed by atoms with Gasteiger partial charge in [0.15, 0.2) is 0 Å². The van der Waals surface area contributed by atoms with Crippen molar-refractivity contribution in [3.05, 3.63) is 35.4 Å². The lowest BCUT2D eigenvalue weighted by atomic mass is 10.0. The molecule has 2 nitrogen and oxygen atoms in total. The van der Waals surface area contributed by atoms with E-state index in [1.54, 1.807) is 0 Å². The SMILES string of the molecule is CCC(CC)CN(C)Cc1ccccc1CN. The average molecular weight is 234 g/mol. The molecule has 0 amide bonds. The third-order valence-electron chi connectivity index (χ3n) is 3.50. The van der Waals surface area contributed by atoms with Gasteiger partial charge >= 0.3 is 0 Å². The summed E-state index contributed by atoms with van der Waals surface area (Å²) in [6, 6.07) is 8.47. The average Bonchev–Trinajstić information content (AvgIpc) is 2.36. The van der Waals surface area contributed by atoms with E-state index < -0.39 is 0 Å². The Morgan fingerprint density at radius 3 is 2.24 bits per heavy atom. The number of rotatable bonds is 7. The van der Waals surface area contributed by atoms with E-state index in [2.05, 4.69) is 50.1 Å². The molecule has 1 rings (SSSR count). The van der Waals surface area contributed by atoms with Crippen LogP contribution in [-0.4, -0.2) is 18.5 Å². The molecule has 0 radical (unpaired) electrons. The topological polar surface area (TPSA) is 29.3 Å². The van der Waals surface area contributed by atoms with Gasteiger partial charge in [-0.05, 0) is 24.1 Å². The van der Waals surface area contributed by atoms with Crippen molar-refractivity contribution in [1.82, 2.24) is 4.90 Å². The molecule has 0 aromatic heterocycles. The van der Waals surface area contributed by atoms with Crippen LogP contribution in [0.3, 0.4) is 0 Å². The number of hydrogen-bond acceptors (Lipinski definition) is 2. The maximum absolute atomic E-state index is 5.76. The van der Waals surface area contributed by atoms with Crippen LogP contribution in [0.1, 0.15) is 37.8 Å². The summed E-state index contributed by atoms with van der Waals surface area (Å²) in [5, 5.41) is 0. The lowest BCUT2D eigenvalue weighted by molar-refractivity contribution is 0.259. The Morgan fingerprint density at radius 2 is 1.71 bits per heavy atom. The molecule has 0 fully saturated rings. The Bertz CT molecular complexity index is 318. The molecular weight excluding hydrogens is 208 g/mol. The number of benzene rings is 1. The maximum Gasteiger partial charge on any atom is 0.0234 e. The highest BCUT2D eigenvalue weighted by molar-refractivity contribution is 5.26. The zero-order chi connectivity index (χ0) is 12.7. The molecular formula is C15H26N2. The van der Waals surface area contributed by atoms with Crippen LogP contribution in [-0.2, 0) is 13.1 Å². The van der Waals surface area contributed by atoms with Gasteiger partial charge in [0.25, 0.3) is 0 Å². The quantitative estimate of drug-likeness (QED) is 0.786. The minimum Gasteiger partial charge on any atom is -0.326 e. The Morgan fingerprint density at radius 1 is 1.12 bits per heavy atom. The minimum atomic E-state index is 0.634. The van der Waals surface area contributed by atoms with Gasteiger partial charge in [-0.15, -0.1) is 0 Å². The first-order valence-corrected chi connectivity index (χ1v) is 6.66. The Labute approximate surface area is 106 Å². The highest BCUT2D eigenvalue weighted by Crippen LogP contribution is 2.14. The lowest BCUT2D eigenvalue weighted by Gasteiger charge is -2.23. The summed E-state index contributed by atoms with van der Waals surface area (Å²) in [7, 11) is 2.20. The minimum absolute atomic E-state index is 0.634. The summed E-state index contributed by atoms with van der Waals surface area (Å²) in [5.41, 5.74) is 8.39. The second-order valence-electron chi connectivity index (χ2n) is 4.85. The fraction of sp³-hybridized carbons (Fsp3) is 0.600. The lowest BCUT2D eigenvalue weighted by Crippen LogP contribution is -2.25. The van der Waals surface area contributed by atoms with Crippen molar-refractivity contribution in [3.8, 4) is 0 Å². The molecule has 0 unspecified atom stereocenters. The standard InChI is InChI=1S/C15H26N2/c1-4-13(5-2)11-17(3)12-15-9-7-6-8-14(15)10-16/h6-9,13H,4-5,10-12,16H2,1-3H3. The van der Waals surface area contributed by atoms with Gasteiger partial charge in [-0.1, -0.05) is 51.0 Å². The molecule has 0 aliphatic heterocycles. The second-order valence-corrected chi connectivity index (χ2v) is 4.85. The molecule has 17 heavy (non-hydrogen) atoms. The van der Waals surface area contributed by atoms with E-state index in [0.29, 0.717) is 6.54 Å². The van der Waals surface area contributed by atoms with Crippen LogP contribution in [0, 0.1) is 5.92 Å². The van der Waals surface area contributed by atoms with E-state index in [1.807, 2.05) is 0 Å². The van der Waals surface area contributed by atoms with Crippen LogP contribution in [0.4, 0.5) is 0 Å². The molecule has 0 bridgehead atoms. The molecule has 0 spiro atoms. The van der Waals surface area contributed by atoms with E-state index in [1.165, 1.54) is 30.5 Å². The fourth-order valence-electron chi connectivity index (χ4n) is 2.25. The van der Waals surface area contributed by atoms with Crippen LogP contribution < -0.4 is 5.73 Å². The van der Waals surface area contributed by atoms with Crippen molar-refractivity contribution in [3.63, 3.8) is 0 Å². The number of nitrogens with zero attached hydrogens (tertiary/aromatic N) is 1. The number of hydrogen-bond donors (Lipinski definition) is 1. The molecule has 96 valence electrons. The van der Waals surface area contributed by atoms with E-state index in [-0.39, 0.29) is 0 Å². The van der Waals surface area contributed by atoms with Crippen LogP contribution in [0.2, 0.25) is 0 Å². The van der Waals surface area contributed by atoms with E-state index in [4.69, 9.17) is 5.73 Å². The molecule has 0 atom stereocenters. The zero-order valence-corrected chi connectivity index (χ0v) is 11.4. The van der Waals surface area contributed by atoms with Crippen LogP contribution in [0.15, 0.2) is 24.3 Å². The van der Waals surface area contributed by atoms with E-state index in [0.717, 1.165) is 12.5 Å². The van der Waals surface area contributed by atoms with Gasteiger partial charge in [0.05, 0.1) is 0 Å². The van der Waals surface area contributed by atoms with Crippen molar-refractivity contribution in [2.24, 2.45) is 11.7 Å². The van der Waals surface area contributed by atoms with Gasteiger partial charge in [0, 0.05) is 19.6 Å². The monoisotopic (exact) mass is 234 g/mol. The Balaban J connectivity index is 2.58. The third-order valence-corrected chi connectivity index (χ3v) is 3.50. The van der Waals surface area contributed by atoms with Crippen molar-refractivity contribution < 1.29 is 0 Å². The van der Waals surface area contributed by atoms with Gasteiger partial charge in [-0.3, -0.25) is 0 Å². The van der Waals surface area contributed by atoms with Crippen LogP contribution >= 0.6 is 0 Å². The summed E-state index contributed by atoms with van der Waals surface area (Å²) in [5.74, 6) is 0.810. The van der Waals surface area contributed by atoms with Crippen LogP contribution in [0.25, 0.3) is 0 Å². The highest BCUT2D eigenvalue weighted by Gasteiger charge is 2.09. The molecule has 0 aliphatic rings. The summed E-state index contributed by atoms with van der Waals surface area (Å²) in [4.78, 5) is 2.41. The van der Waals surface area contributed by atoms with Gasteiger partial charge in [-0.25, -0.2) is 0 Å². The normalized spacial score (nSPS) is 11.4.